The number of aromatic nitrogens is 1. The zero-order valence-electron chi connectivity index (χ0n) is 20.0. The molecule has 2 heterocycles. The Balaban J connectivity index is 0.000000275. The molecule has 0 spiro atoms. The van der Waals surface area contributed by atoms with E-state index in [1.807, 2.05) is 0 Å². The second-order valence-electron chi connectivity index (χ2n) is 8.44. The highest BCUT2D eigenvalue weighted by Gasteiger charge is 2.28. The first-order chi connectivity index (χ1) is 17.2. The number of aldehydes is 1. The summed E-state index contributed by atoms with van der Waals surface area (Å²) in [5, 5.41) is 12.7. The molecule has 4 rings (SSSR count). The minimum Gasteiger partial charge on any atom is -0.478 e. The average molecular weight is 516 g/mol. The summed E-state index contributed by atoms with van der Waals surface area (Å²) in [6.45, 7) is 2.45. The number of nitrogens with one attached hydrogen (secondary N) is 1. The minimum atomic E-state index is -1.08. The summed E-state index contributed by atoms with van der Waals surface area (Å²) in [6, 6.07) is 9.07. The fraction of sp³-hybridized carbons (Fsp3) is 0.308. The van der Waals surface area contributed by atoms with Crippen LogP contribution >= 0.6 is 11.6 Å². The van der Waals surface area contributed by atoms with E-state index in [1.165, 1.54) is 25.1 Å². The first-order valence-electron chi connectivity index (χ1n) is 11.4. The Kier molecular flexibility index (Phi) is 8.95. The summed E-state index contributed by atoms with van der Waals surface area (Å²) < 4.78 is 14.7. The van der Waals surface area contributed by atoms with Crippen molar-refractivity contribution in [2.45, 2.75) is 38.9 Å². The zero-order valence-corrected chi connectivity index (χ0v) is 20.7. The number of aromatic carboxylic acids is 1. The van der Waals surface area contributed by atoms with Gasteiger partial charge in [-0.15, -0.1) is 0 Å². The molecule has 36 heavy (non-hydrogen) atoms. The van der Waals surface area contributed by atoms with E-state index in [1.54, 1.807) is 40.9 Å². The molecule has 1 aromatic heterocycles. The van der Waals surface area contributed by atoms with E-state index in [4.69, 9.17) is 16.7 Å². The summed E-state index contributed by atoms with van der Waals surface area (Å²) in [5.41, 5.74) is 1.67. The second kappa shape index (κ2) is 11.9. The highest BCUT2D eigenvalue weighted by Crippen LogP contribution is 2.25. The van der Waals surface area contributed by atoms with Gasteiger partial charge in [-0.3, -0.25) is 9.59 Å². The fourth-order valence-electron chi connectivity index (χ4n) is 4.20. The maximum Gasteiger partial charge on any atom is 0.335 e. The number of fused-ring (bicyclic) bond motifs is 1. The normalized spacial score (nSPS) is 14.9. The lowest BCUT2D eigenvalue weighted by Gasteiger charge is -2.20. The number of rotatable bonds is 7. The van der Waals surface area contributed by atoms with E-state index in [0.29, 0.717) is 41.5 Å². The van der Waals surface area contributed by atoms with Gasteiger partial charge in [0.05, 0.1) is 16.6 Å². The smallest absolute Gasteiger partial charge is 0.335 e. The molecular formula is C26H27ClFN3O5. The second-order valence-corrected chi connectivity index (χ2v) is 8.85. The molecular weight excluding hydrogens is 489 g/mol. The van der Waals surface area contributed by atoms with Crippen molar-refractivity contribution >= 4 is 46.4 Å². The van der Waals surface area contributed by atoms with Gasteiger partial charge in [-0.25, -0.2) is 9.18 Å². The van der Waals surface area contributed by atoms with Crippen molar-refractivity contribution in [2.75, 3.05) is 13.6 Å². The van der Waals surface area contributed by atoms with Crippen LogP contribution in [0, 0.1) is 5.82 Å². The Morgan fingerprint density at radius 2 is 2.00 bits per heavy atom. The number of halogens is 2. The maximum absolute atomic E-state index is 13.0. The number of carbonyl (C=O) groups is 4. The third-order valence-electron chi connectivity index (χ3n) is 5.99. The molecule has 1 fully saturated rings. The van der Waals surface area contributed by atoms with Crippen molar-refractivity contribution in [3.05, 3.63) is 70.1 Å². The Labute approximate surface area is 212 Å². The third-order valence-corrected chi connectivity index (χ3v) is 6.28. The summed E-state index contributed by atoms with van der Waals surface area (Å²) in [7, 11) is 1.76. The average Bonchev–Trinajstić information content (AvgIpc) is 3.47. The topological polar surface area (TPSA) is 109 Å². The van der Waals surface area contributed by atoms with E-state index in [9.17, 15) is 23.6 Å². The molecule has 1 aliphatic rings. The number of hydrogen-bond acceptors (Lipinski definition) is 5. The molecule has 1 aliphatic heterocycles. The number of amides is 1. The van der Waals surface area contributed by atoms with Crippen LogP contribution in [0.3, 0.4) is 0 Å². The van der Waals surface area contributed by atoms with Gasteiger partial charge in [0.15, 0.2) is 5.78 Å². The molecule has 190 valence electrons. The van der Waals surface area contributed by atoms with E-state index in [-0.39, 0.29) is 40.7 Å². The SMILES string of the molecule is CC(=O)c1cn(CC(=O)N2CCCC2C=O)c2ccc(C(=O)O)cc12.CNCc1cccc(Cl)c1F. The lowest BCUT2D eigenvalue weighted by molar-refractivity contribution is -0.135. The Bertz CT molecular complexity index is 1310. The summed E-state index contributed by atoms with van der Waals surface area (Å²) in [5.74, 6) is -1.80. The predicted octanol–water partition coefficient (Wildman–Crippen LogP) is 3.93. The molecule has 0 aliphatic carbocycles. The molecule has 3 aromatic rings. The molecule has 8 nitrogen and oxygen atoms in total. The molecule has 0 bridgehead atoms. The van der Waals surface area contributed by atoms with Crippen LogP contribution in [-0.4, -0.2) is 58.2 Å². The predicted molar refractivity (Wildman–Crippen MR) is 134 cm³/mol. The van der Waals surface area contributed by atoms with E-state index in [0.717, 1.165) is 12.7 Å². The van der Waals surface area contributed by atoms with Crippen LogP contribution in [0.5, 0.6) is 0 Å². The minimum absolute atomic E-state index is 0.000534. The first-order valence-corrected chi connectivity index (χ1v) is 11.7. The van der Waals surface area contributed by atoms with Crippen molar-refractivity contribution in [3.8, 4) is 0 Å². The number of ketones is 1. The van der Waals surface area contributed by atoms with E-state index >= 15 is 0 Å². The third kappa shape index (κ3) is 5.98. The molecule has 1 amide bonds. The molecule has 0 saturated carbocycles. The van der Waals surface area contributed by atoms with Crippen LogP contribution in [0.15, 0.2) is 42.6 Å². The van der Waals surface area contributed by atoms with Gasteiger partial charge in [-0.1, -0.05) is 23.7 Å². The molecule has 2 aromatic carbocycles. The number of benzene rings is 2. The molecule has 1 unspecified atom stereocenters. The molecule has 0 radical (unpaired) electrons. The first kappa shape index (κ1) is 27.0. The number of hydrogen-bond donors (Lipinski definition) is 2. The van der Waals surface area contributed by atoms with Crippen molar-refractivity contribution in [3.63, 3.8) is 0 Å². The van der Waals surface area contributed by atoms with Gasteiger partial charge >= 0.3 is 5.97 Å². The Morgan fingerprint density at radius 1 is 1.25 bits per heavy atom. The van der Waals surface area contributed by atoms with Crippen LogP contribution in [-0.2, 0) is 22.7 Å². The quantitative estimate of drug-likeness (QED) is 0.364. The van der Waals surface area contributed by atoms with Crippen molar-refractivity contribution in [1.29, 1.82) is 0 Å². The van der Waals surface area contributed by atoms with Gasteiger partial charge in [0.25, 0.3) is 0 Å². The van der Waals surface area contributed by atoms with Crippen LogP contribution in [0.1, 0.15) is 46.0 Å². The van der Waals surface area contributed by atoms with E-state index < -0.39 is 5.97 Å². The number of nitrogens with zero attached hydrogens (tertiary/aromatic N) is 2. The standard InChI is InChI=1S/C18H18N2O5.C8H9ClFN/c1-11(22)15-8-19(9-17(23)20-6-2-3-13(20)10-21)16-5-4-12(18(24)25)7-14(15)16;1-11-5-6-3-2-4-7(9)8(6)10/h4-5,7-8,10,13H,2-3,6,9H2,1H3,(H,24,25);2-4,11H,5H2,1H3. The fourth-order valence-corrected chi connectivity index (χ4v) is 4.39. The van der Waals surface area contributed by atoms with Crippen LogP contribution in [0.25, 0.3) is 10.9 Å². The zero-order chi connectivity index (χ0) is 26.4. The molecule has 2 N–H and O–H groups in total. The van der Waals surface area contributed by atoms with Crippen LogP contribution in [0.4, 0.5) is 4.39 Å². The van der Waals surface area contributed by atoms with Gasteiger partial charge in [0.2, 0.25) is 5.91 Å². The number of carbonyl (C=O) groups excluding carboxylic acids is 3. The highest BCUT2D eigenvalue weighted by molar-refractivity contribution is 6.30. The number of carboxylic acids is 1. The number of Topliss-reactive ketones (excluding diaryl/α,β-unsaturated/α-hetero) is 1. The monoisotopic (exact) mass is 515 g/mol. The van der Waals surface area contributed by atoms with Gasteiger partial charge < -0.3 is 24.7 Å². The van der Waals surface area contributed by atoms with Gasteiger partial charge in [-0.05, 0) is 51.1 Å². The lowest BCUT2D eigenvalue weighted by atomic mass is 10.1. The summed E-state index contributed by atoms with van der Waals surface area (Å²) in [4.78, 5) is 48.2. The van der Waals surface area contributed by atoms with Gasteiger partial charge in [-0.2, -0.15) is 0 Å². The van der Waals surface area contributed by atoms with Crippen molar-refractivity contribution in [1.82, 2.24) is 14.8 Å². The lowest BCUT2D eigenvalue weighted by Crippen LogP contribution is -2.38. The van der Waals surface area contributed by atoms with Gasteiger partial charge in [0, 0.05) is 41.3 Å². The van der Waals surface area contributed by atoms with E-state index in [2.05, 4.69) is 5.32 Å². The molecule has 1 atom stereocenters. The summed E-state index contributed by atoms with van der Waals surface area (Å²) >= 11 is 5.55. The molecule has 10 heteroatoms. The Morgan fingerprint density at radius 3 is 2.64 bits per heavy atom. The van der Waals surface area contributed by atoms with Crippen molar-refractivity contribution < 1.29 is 28.7 Å². The van der Waals surface area contributed by atoms with Gasteiger partial charge in [0.1, 0.15) is 18.6 Å². The summed E-state index contributed by atoms with van der Waals surface area (Å²) in [6.07, 6.45) is 3.83. The van der Waals surface area contributed by atoms with Crippen LogP contribution in [0.2, 0.25) is 5.02 Å². The Hall–Kier alpha value is -3.56. The van der Waals surface area contributed by atoms with Crippen LogP contribution < -0.4 is 5.32 Å². The van der Waals surface area contributed by atoms with Crippen molar-refractivity contribution in [2.24, 2.45) is 0 Å². The largest absolute Gasteiger partial charge is 0.478 e. The number of carboxylic acid groups (broad SMARTS) is 1. The highest BCUT2D eigenvalue weighted by atomic mass is 35.5. The number of likely N-dealkylation sites (tertiary alicyclic amines) is 1. The molecule has 1 saturated heterocycles. The maximum atomic E-state index is 13.0.